The molecule has 1 amide bonds. The largest absolute Gasteiger partial charge is 0.368 e. The van der Waals surface area contributed by atoms with Crippen LogP contribution in [0.4, 0.5) is 5.69 Å². The number of carbonyl (C=O) groups excluding carboxylic acids is 1. The van der Waals surface area contributed by atoms with E-state index in [1.54, 1.807) is 11.8 Å². The molecule has 4 rings (SSSR count). The number of hydrogen-bond donors (Lipinski definition) is 0. The van der Waals surface area contributed by atoms with Crippen molar-refractivity contribution in [2.75, 3.05) is 37.3 Å². The van der Waals surface area contributed by atoms with Crippen LogP contribution in [0.3, 0.4) is 0 Å². The highest BCUT2D eigenvalue weighted by Crippen LogP contribution is 2.20. The van der Waals surface area contributed by atoms with E-state index in [1.165, 1.54) is 5.69 Å². The first kappa shape index (κ1) is 17.9. The van der Waals surface area contributed by atoms with Crippen LogP contribution in [-0.4, -0.2) is 52.8 Å². The molecule has 0 unspecified atom stereocenters. The van der Waals surface area contributed by atoms with E-state index in [9.17, 15) is 4.79 Å². The summed E-state index contributed by atoms with van der Waals surface area (Å²) in [5.41, 5.74) is 3.23. The number of carbonyl (C=O) groups is 1. The van der Waals surface area contributed by atoms with E-state index in [-0.39, 0.29) is 5.91 Å². The third-order valence-electron chi connectivity index (χ3n) is 5.05. The molecule has 0 bridgehead atoms. The van der Waals surface area contributed by atoms with Crippen molar-refractivity contribution in [3.8, 4) is 0 Å². The summed E-state index contributed by atoms with van der Waals surface area (Å²) in [5, 5.41) is 0. The van der Waals surface area contributed by atoms with E-state index < -0.39 is 0 Å². The third-order valence-corrected chi connectivity index (χ3v) is 5.60. The summed E-state index contributed by atoms with van der Waals surface area (Å²) >= 11 is 1.73. The van der Waals surface area contributed by atoms with Crippen LogP contribution in [-0.2, 0) is 17.1 Å². The standard InChI is InChI=1S/C21H24N4OS/c1-27-16-20-22-18-9-5-6-10-19(18)25(20)15-21(26)24-13-11-23(12-14-24)17-7-3-2-4-8-17/h2-10H,11-16H2,1H3. The molecule has 0 atom stereocenters. The highest BCUT2D eigenvalue weighted by molar-refractivity contribution is 7.97. The van der Waals surface area contributed by atoms with Crippen LogP contribution in [0.25, 0.3) is 11.0 Å². The van der Waals surface area contributed by atoms with Crippen molar-refractivity contribution in [1.29, 1.82) is 0 Å². The summed E-state index contributed by atoms with van der Waals surface area (Å²) in [4.78, 5) is 22.0. The molecule has 0 radical (unpaired) electrons. The Morgan fingerprint density at radius 1 is 1.00 bits per heavy atom. The highest BCUT2D eigenvalue weighted by atomic mass is 32.2. The minimum absolute atomic E-state index is 0.174. The first-order valence-corrected chi connectivity index (χ1v) is 10.7. The van der Waals surface area contributed by atoms with Gasteiger partial charge >= 0.3 is 0 Å². The third kappa shape index (κ3) is 3.81. The van der Waals surface area contributed by atoms with Gasteiger partial charge in [-0.15, -0.1) is 0 Å². The van der Waals surface area contributed by atoms with Gasteiger partial charge < -0.3 is 14.4 Å². The molecule has 0 aliphatic carbocycles. The van der Waals surface area contributed by atoms with E-state index in [4.69, 9.17) is 4.98 Å². The Labute approximate surface area is 164 Å². The first-order valence-electron chi connectivity index (χ1n) is 9.27. The average molecular weight is 381 g/mol. The number of benzene rings is 2. The number of piperazine rings is 1. The summed E-state index contributed by atoms with van der Waals surface area (Å²) in [5.74, 6) is 1.96. The minimum atomic E-state index is 0.174. The fourth-order valence-electron chi connectivity index (χ4n) is 3.63. The predicted molar refractivity (Wildman–Crippen MR) is 112 cm³/mol. The van der Waals surface area contributed by atoms with Crippen molar-refractivity contribution in [1.82, 2.24) is 14.5 Å². The summed E-state index contributed by atoms with van der Waals surface area (Å²) in [7, 11) is 0. The van der Waals surface area contributed by atoms with Gasteiger partial charge in [0.15, 0.2) is 0 Å². The number of hydrogen-bond acceptors (Lipinski definition) is 4. The lowest BCUT2D eigenvalue weighted by atomic mass is 10.2. The van der Waals surface area contributed by atoms with Crippen LogP contribution >= 0.6 is 11.8 Å². The van der Waals surface area contributed by atoms with Gasteiger partial charge in [0.2, 0.25) is 5.91 Å². The SMILES string of the molecule is CSCc1nc2ccccc2n1CC(=O)N1CCN(c2ccccc2)CC1. The summed E-state index contributed by atoms with van der Waals surface area (Å²) < 4.78 is 2.08. The quantitative estimate of drug-likeness (QED) is 0.681. The Morgan fingerprint density at radius 2 is 1.70 bits per heavy atom. The lowest BCUT2D eigenvalue weighted by Gasteiger charge is -2.36. The zero-order chi connectivity index (χ0) is 18.6. The van der Waals surface area contributed by atoms with Gasteiger partial charge in [0.25, 0.3) is 0 Å². The molecule has 1 fully saturated rings. The molecule has 1 saturated heterocycles. The van der Waals surface area contributed by atoms with E-state index in [1.807, 2.05) is 35.2 Å². The number of aromatic nitrogens is 2. The first-order chi connectivity index (χ1) is 13.3. The maximum absolute atomic E-state index is 13.0. The number of fused-ring (bicyclic) bond motifs is 1. The molecule has 6 heteroatoms. The zero-order valence-corrected chi connectivity index (χ0v) is 16.4. The molecule has 1 aromatic heterocycles. The minimum Gasteiger partial charge on any atom is -0.368 e. The van der Waals surface area contributed by atoms with Crippen LogP contribution in [0.2, 0.25) is 0 Å². The van der Waals surface area contributed by atoms with Gasteiger partial charge in [-0.05, 0) is 30.5 Å². The van der Waals surface area contributed by atoms with Crippen molar-refractivity contribution >= 4 is 34.4 Å². The van der Waals surface area contributed by atoms with Gasteiger partial charge in [-0.25, -0.2) is 4.98 Å². The second-order valence-corrected chi connectivity index (χ2v) is 7.61. The molecule has 2 aromatic carbocycles. The van der Waals surface area contributed by atoms with Crippen molar-refractivity contribution in [3.05, 3.63) is 60.4 Å². The molecule has 5 nitrogen and oxygen atoms in total. The molecule has 27 heavy (non-hydrogen) atoms. The fraction of sp³-hybridized carbons (Fsp3) is 0.333. The second kappa shape index (κ2) is 8.05. The van der Waals surface area contributed by atoms with Gasteiger partial charge in [-0.3, -0.25) is 4.79 Å². The normalized spacial score (nSPS) is 14.7. The van der Waals surface area contributed by atoms with Crippen molar-refractivity contribution < 1.29 is 4.79 Å². The van der Waals surface area contributed by atoms with Crippen LogP contribution in [0.1, 0.15) is 5.82 Å². The maximum Gasteiger partial charge on any atom is 0.242 e. The summed E-state index contributed by atoms with van der Waals surface area (Å²) in [6, 6.07) is 18.5. The molecular formula is C21H24N4OS. The summed E-state index contributed by atoms with van der Waals surface area (Å²) in [6.07, 6.45) is 2.06. The van der Waals surface area contributed by atoms with Crippen LogP contribution in [0, 0.1) is 0 Å². The number of para-hydroxylation sites is 3. The van der Waals surface area contributed by atoms with Gasteiger partial charge in [0.1, 0.15) is 12.4 Å². The highest BCUT2D eigenvalue weighted by Gasteiger charge is 2.23. The Balaban J connectivity index is 1.46. The van der Waals surface area contributed by atoms with E-state index in [2.05, 4.69) is 40.0 Å². The number of imidazole rings is 1. The molecule has 3 aromatic rings. The molecule has 2 heterocycles. The molecule has 0 spiro atoms. The maximum atomic E-state index is 13.0. The predicted octanol–water partition coefficient (Wildman–Crippen LogP) is 3.25. The number of rotatable bonds is 5. The Bertz CT molecular complexity index is 916. The van der Waals surface area contributed by atoms with Crippen molar-refractivity contribution in [2.45, 2.75) is 12.3 Å². The van der Waals surface area contributed by atoms with Crippen LogP contribution < -0.4 is 4.90 Å². The Kier molecular flexibility index (Phi) is 5.34. The van der Waals surface area contributed by atoms with Crippen LogP contribution in [0.15, 0.2) is 54.6 Å². The lowest BCUT2D eigenvalue weighted by Crippen LogP contribution is -2.49. The topological polar surface area (TPSA) is 41.4 Å². The number of nitrogens with zero attached hydrogens (tertiary/aromatic N) is 4. The van der Waals surface area contributed by atoms with Gasteiger partial charge in [0.05, 0.1) is 16.8 Å². The smallest absolute Gasteiger partial charge is 0.242 e. The lowest BCUT2D eigenvalue weighted by molar-refractivity contribution is -0.132. The van der Waals surface area contributed by atoms with E-state index in [0.29, 0.717) is 6.54 Å². The van der Waals surface area contributed by atoms with Gasteiger partial charge in [-0.1, -0.05) is 30.3 Å². The number of amides is 1. The molecule has 140 valence electrons. The number of anilines is 1. The molecule has 0 N–H and O–H groups in total. The van der Waals surface area contributed by atoms with E-state index >= 15 is 0 Å². The molecule has 0 saturated carbocycles. The van der Waals surface area contributed by atoms with Gasteiger partial charge in [0, 0.05) is 31.9 Å². The monoisotopic (exact) mass is 380 g/mol. The zero-order valence-electron chi connectivity index (χ0n) is 15.5. The fourth-order valence-corrected chi connectivity index (χ4v) is 4.11. The van der Waals surface area contributed by atoms with Crippen molar-refractivity contribution in [2.24, 2.45) is 0 Å². The van der Waals surface area contributed by atoms with Gasteiger partial charge in [-0.2, -0.15) is 11.8 Å². The summed E-state index contributed by atoms with van der Waals surface area (Å²) in [6.45, 7) is 3.63. The number of thioether (sulfide) groups is 1. The van der Waals surface area contributed by atoms with E-state index in [0.717, 1.165) is 48.8 Å². The Morgan fingerprint density at radius 3 is 2.44 bits per heavy atom. The second-order valence-electron chi connectivity index (χ2n) is 6.74. The van der Waals surface area contributed by atoms with Crippen LogP contribution in [0.5, 0.6) is 0 Å². The molecule has 1 aliphatic rings. The average Bonchev–Trinajstić information content (AvgIpc) is 3.06. The molecular weight excluding hydrogens is 356 g/mol. The van der Waals surface area contributed by atoms with Crippen molar-refractivity contribution in [3.63, 3.8) is 0 Å². The molecule has 1 aliphatic heterocycles. The Hall–Kier alpha value is -2.47.